The minimum atomic E-state index is 0.124. The number of hydrogen-bond acceptors (Lipinski definition) is 3. The van der Waals surface area contributed by atoms with Crippen LogP contribution in [0.4, 0.5) is 5.69 Å². The smallest absolute Gasteiger partial charge is 0.239 e. The van der Waals surface area contributed by atoms with Crippen molar-refractivity contribution in [1.82, 2.24) is 5.32 Å². The highest BCUT2D eigenvalue weighted by Crippen LogP contribution is 2.27. The van der Waals surface area contributed by atoms with Gasteiger partial charge in [0, 0.05) is 24.8 Å². The van der Waals surface area contributed by atoms with E-state index >= 15 is 0 Å². The predicted molar refractivity (Wildman–Crippen MR) is 87.4 cm³/mol. The van der Waals surface area contributed by atoms with Gasteiger partial charge in [0.15, 0.2) is 0 Å². The SMILES string of the molecule is CCC(CC)NC(=O)CN1CCCc2cc(CN)ccc21. The third kappa shape index (κ3) is 3.97. The lowest BCUT2D eigenvalue weighted by molar-refractivity contribution is -0.120. The van der Waals surface area contributed by atoms with Crippen molar-refractivity contribution in [1.29, 1.82) is 0 Å². The molecule has 1 aliphatic rings. The molecule has 1 aromatic rings. The largest absolute Gasteiger partial charge is 0.362 e. The lowest BCUT2D eigenvalue weighted by atomic mass is 9.99. The Morgan fingerprint density at radius 2 is 2.14 bits per heavy atom. The van der Waals surface area contributed by atoms with E-state index in [0.29, 0.717) is 19.1 Å². The highest BCUT2D eigenvalue weighted by molar-refractivity contribution is 5.82. The van der Waals surface area contributed by atoms with Gasteiger partial charge >= 0.3 is 0 Å². The maximum absolute atomic E-state index is 12.2. The quantitative estimate of drug-likeness (QED) is 0.844. The van der Waals surface area contributed by atoms with E-state index in [2.05, 4.69) is 42.3 Å². The summed E-state index contributed by atoms with van der Waals surface area (Å²) in [5.74, 6) is 0.124. The first-order chi connectivity index (χ1) is 10.2. The minimum Gasteiger partial charge on any atom is -0.362 e. The summed E-state index contributed by atoms with van der Waals surface area (Å²) in [7, 11) is 0. The van der Waals surface area contributed by atoms with Crippen LogP contribution >= 0.6 is 0 Å². The van der Waals surface area contributed by atoms with Crippen molar-refractivity contribution in [3.63, 3.8) is 0 Å². The predicted octanol–water partition coefficient (Wildman–Crippen LogP) is 2.20. The van der Waals surface area contributed by atoms with E-state index in [1.807, 2.05) is 0 Å². The lowest BCUT2D eigenvalue weighted by Gasteiger charge is -2.31. The maximum atomic E-state index is 12.2. The third-order valence-electron chi connectivity index (χ3n) is 4.28. The molecule has 116 valence electrons. The van der Waals surface area contributed by atoms with Gasteiger partial charge in [-0.05, 0) is 42.9 Å². The van der Waals surface area contributed by atoms with Gasteiger partial charge in [0.1, 0.15) is 0 Å². The highest BCUT2D eigenvalue weighted by Gasteiger charge is 2.20. The number of carbonyl (C=O) groups excluding carboxylic acids is 1. The van der Waals surface area contributed by atoms with Crippen LogP contribution in [0.1, 0.15) is 44.2 Å². The van der Waals surface area contributed by atoms with E-state index in [0.717, 1.165) is 37.8 Å². The van der Waals surface area contributed by atoms with Crippen LogP contribution < -0.4 is 16.0 Å². The molecule has 4 heteroatoms. The number of nitrogens with two attached hydrogens (primary N) is 1. The monoisotopic (exact) mass is 289 g/mol. The van der Waals surface area contributed by atoms with Crippen LogP contribution in [0.2, 0.25) is 0 Å². The zero-order chi connectivity index (χ0) is 15.2. The molecular weight excluding hydrogens is 262 g/mol. The second kappa shape index (κ2) is 7.46. The molecule has 0 spiro atoms. The van der Waals surface area contributed by atoms with Crippen molar-refractivity contribution >= 4 is 11.6 Å². The average molecular weight is 289 g/mol. The molecule has 0 atom stereocenters. The standard InChI is InChI=1S/C17H27N3O/c1-3-15(4-2)19-17(21)12-20-9-5-6-14-10-13(11-18)7-8-16(14)20/h7-8,10,15H,3-6,9,11-12,18H2,1-2H3,(H,19,21). The number of rotatable bonds is 6. The number of hydrogen-bond donors (Lipinski definition) is 2. The fraction of sp³-hybridized carbons (Fsp3) is 0.588. The molecule has 0 radical (unpaired) electrons. The van der Waals surface area contributed by atoms with E-state index in [9.17, 15) is 4.79 Å². The van der Waals surface area contributed by atoms with Crippen molar-refractivity contribution in [2.24, 2.45) is 5.73 Å². The Morgan fingerprint density at radius 1 is 1.38 bits per heavy atom. The van der Waals surface area contributed by atoms with Crippen molar-refractivity contribution in [3.8, 4) is 0 Å². The Bertz CT molecular complexity index is 483. The van der Waals surface area contributed by atoms with Gasteiger partial charge in [0.25, 0.3) is 0 Å². The number of carbonyl (C=O) groups is 1. The van der Waals surface area contributed by atoms with Crippen LogP contribution in [-0.2, 0) is 17.8 Å². The summed E-state index contributed by atoms with van der Waals surface area (Å²) in [5, 5.41) is 3.12. The Labute approximate surface area is 127 Å². The molecule has 3 N–H and O–H groups in total. The molecule has 0 saturated carbocycles. The van der Waals surface area contributed by atoms with E-state index in [-0.39, 0.29) is 5.91 Å². The summed E-state index contributed by atoms with van der Waals surface area (Å²) < 4.78 is 0. The van der Waals surface area contributed by atoms with Gasteiger partial charge in [-0.3, -0.25) is 4.79 Å². The van der Waals surface area contributed by atoms with Crippen molar-refractivity contribution < 1.29 is 4.79 Å². The van der Waals surface area contributed by atoms with E-state index in [1.54, 1.807) is 0 Å². The summed E-state index contributed by atoms with van der Waals surface area (Å²) in [6, 6.07) is 6.65. The first-order valence-corrected chi connectivity index (χ1v) is 8.04. The van der Waals surface area contributed by atoms with Gasteiger partial charge in [0.05, 0.1) is 6.54 Å². The zero-order valence-electron chi connectivity index (χ0n) is 13.2. The Morgan fingerprint density at radius 3 is 2.81 bits per heavy atom. The van der Waals surface area contributed by atoms with Crippen molar-refractivity contribution in [2.75, 3.05) is 18.0 Å². The summed E-state index contributed by atoms with van der Waals surface area (Å²) >= 11 is 0. The molecule has 0 unspecified atom stereocenters. The number of anilines is 1. The summed E-state index contributed by atoms with van der Waals surface area (Å²) in [6.07, 6.45) is 4.14. The minimum absolute atomic E-state index is 0.124. The average Bonchev–Trinajstić information content (AvgIpc) is 2.52. The number of aryl methyl sites for hydroxylation is 1. The molecule has 0 aromatic heterocycles. The maximum Gasteiger partial charge on any atom is 0.239 e. The Kier molecular flexibility index (Phi) is 5.62. The number of nitrogens with one attached hydrogen (secondary N) is 1. The number of benzene rings is 1. The molecule has 0 fully saturated rings. The lowest BCUT2D eigenvalue weighted by Crippen LogP contribution is -2.43. The molecular formula is C17H27N3O. The summed E-state index contributed by atoms with van der Waals surface area (Å²) in [5.41, 5.74) is 9.38. The van der Waals surface area contributed by atoms with Crippen LogP contribution in [0.15, 0.2) is 18.2 Å². The fourth-order valence-corrected chi connectivity index (χ4v) is 2.96. The van der Waals surface area contributed by atoms with E-state index in [1.165, 1.54) is 11.3 Å². The van der Waals surface area contributed by atoms with Gasteiger partial charge in [-0.1, -0.05) is 26.0 Å². The Balaban J connectivity index is 2.04. The number of nitrogens with zero attached hydrogens (tertiary/aromatic N) is 1. The normalized spacial score (nSPS) is 14.2. The van der Waals surface area contributed by atoms with Crippen LogP contribution in [0.3, 0.4) is 0 Å². The molecule has 0 saturated heterocycles. The van der Waals surface area contributed by atoms with Gasteiger partial charge in [-0.25, -0.2) is 0 Å². The molecule has 1 amide bonds. The van der Waals surface area contributed by atoms with Crippen molar-refractivity contribution in [2.45, 2.75) is 52.1 Å². The van der Waals surface area contributed by atoms with Gasteiger partial charge in [-0.2, -0.15) is 0 Å². The topological polar surface area (TPSA) is 58.4 Å². The second-order valence-corrected chi connectivity index (χ2v) is 5.77. The zero-order valence-corrected chi connectivity index (χ0v) is 13.2. The van der Waals surface area contributed by atoms with Crippen LogP contribution in [0.25, 0.3) is 0 Å². The van der Waals surface area contributed by atoms with Gasteiger partial charge in [-0.15, -0.1) is 0 Å². The molecule has 1 aliphatic heterocycles. The molecule has 0 aliphatic carbocycles. The molecule has 4 nitrogen and oxygen atoms in total. The second-order valence-electron chi connectivity index (χ2n) is 5.77. The highest BCUT2D eigenvalue weighted by atomic mass is 16.2. The van der Waals surface area contributed by atoms with Gasteiger partial charge < -0.3 is 16.0 Å². The fourth-order valence-electron chi connectivity index (χ4n) is 2.96. The van der Waals surface area contributed by atoms with E-state index < -0.39 is 0 Å². The number of fused-ring (bicyclic) bond motifs is 1. The molecule has 1 heterocycles. The van der Waals surface area contributed by atoms with E-state index in [4.69, 9.17) is 5.73 Å². The van der Waals surface area contributed by atoms with Crippen molar-refractivity contribution in [3.05, 3.63) is 29.3 Å². The van der Waals surface area contributed by atoms with Gasteiger partial charge in [0.2, 0.25) is 5.91 Å². The van der Waals surface area contributed by atoms with Crippen LogP contribution in [-0.4, -0.2) is 25.0 Å². The molecule has 2 rings (SSSR count). The molecule has 1 aromatic carbocycles. The molecule has 21 heavy (non-hydrogen) atoms. The van der Waals surface area contributed by atoms with Crippen LogP contribution in [0.5, 0.6) is 0 Å². The Hall–Kier alpha value is -1.55. The number of amides is 1. The summed E-state index contributed by atoms with van der Waals surface area (Å²) in [4.78, 5) is 14.4. The first kappa shape index (κ1) is 15.8. The first-order valence-electron chi connectivity index (χ1n) is 8.04. The third-order valence-corrected chi connectivity index (χ3v) is 4.28. The van der Waals surface area contributed by atoms with Crippen LogP contribution in [0, 0.1) is 0 Å². The molecule has 0 bridgehead atoms. The summed E-state index contributed by atoms with van der Waals surface area (Å²) in [6.45, 7) is 6.19.